The fourth-order valence-corrected chi connectivity index (χ4v) is 1.64. The van der Waals surface area contributed by atoms with Crippen molar-refractivity contribution in [3.8, 4) is 0 Å². The molecule has 1 unspecified atom stereocenters. The van der Waals surface area contributed by atoms with E-state index >= 15 is 0 Å². The van der Waals surface area contributed by atoms with Crippen LogP contribution in [0.5, 0.6) is 0 Å². The zero-order valence-electron chi connectivity index (χ0n) is 10.3. The molecule has 0 aromatic heterocycles. The Hall–Kier alpha value is -1.07. The van der Waals surface area contributed by atoms with Crippen LogP contribution in [-0.4, -0.2) is 32.2 Å². The molecule has 0 fully saturated rings. The van der Waals surface area contributed by atoms with E-state index in [0.29, 0.717) is 13.0 Å². The molecule has 1 aromatic rings. The lowest BCUT2D eigenvalue weighted by molar-refractivity contribution is 0.0183. The zero-order valence-corrected chi connectivity index (χ0v) is 10.3. The SMILES string of the molecule is CC(Cc1cccc(F)c1)NCCOCC(F)F. The first kappa shape index (κ1) is 15.0. The molecule has 0 aliphatic rings. The maximum Gasteiger partial charge on any atom is 0.261 e. The van der Waals surface area contributed by atoms with Crippen molar-refractivity contribution in [3.05, 3.63) is 35.6 Å². The number of rotatable bonds is 8. The molecule has 0 saturated carbocycles. The summed E-state index contributed by atoms with van der Waals surface area (Å²) in [6, 6.07) is 6.56. The minimum Gasteiger partial charge on any atom is -0.374 e. The molecule has 0 radical (unpaired) electrons. The lowest BCUT2D eigenvalue weighted by Gasteiger charge is -2.14. The van der Waals surface area contributed by atoms with Gasteiger partial charge in [-0.1, -0.05) is 12.1 Å². The molecule has 0 spiro atoms. The van der Waals surface area contributed by atoms with Gasteiger partial charge in [0.2, 0.25) is 0 Å². The van der Waals surface area contributed by atoms with Gasteiger partial charge in [-0.25, -0.2) is 13.2 Å². The monoisotopic (exact) mass is 261 g/mol. The Bertz CT molecular complexity index is 347. The number of hydrogen-bond acceptors (Lipinski definition) is 2. The van der Waals surface area contributed by atoms with E-state index in [0.717, 1.165) is 5.56 Å². The molecule has 2 nitrogen and oxygen atoms in total. The van der Waals surface area contributed by atoms with E-state index in [-0.39, 0.29) is 18.5 Å². The van der Waals surface area contributed by atoms with Crippen LogP contribution in [0.15, 0.2) is 24.3 Å². The predicted molar refractivity (Wildman–Crippen MR) is 64.4 cm³/mol. The highest BCUT2D eigenvalue weighted by atomic mass is 19.3. The molecular formula is C13H18F3NO. The molecule has 0 bridgehead atoms. The molecule has 0 saturated heterocycles. The average molecular weight is 261 g/mol. The molecule has 1 N–H and O–H groups in total. The number of halogens is 3. The predicted octanol–water partition coefficient (Wildman–Crippen LogP) is 2.63. The summed E-state index contributed by atoms with van der Waals surface area (Å²) in [5.74, 6) is -0.250. The van der Waals surface area contributed by atoms with Crippen LogP contribution >= 0.6 is 0 Å². The Balaban J connectivity index is 2.16. The van der Waals surface area contributed by atoms with Crippen molar-refractivity contribution in [2.24, 2.45) is 0 Å². The second-order valence-corrected chi connectivity index (χ2v) is 4.16. The smallest absolute Gasteiger partial charge is 0.261 e. The first-order chi connectivity index (χ1) is 8.58. The maximum absolute atomic E-state index is 12.9. The number of hydrogen-bond donors (Lipinski definition) is 1. The van der Waals surface area contributed by atoms with Crippen LogP contribution in [0.3, 0.4) is 0 Å². The van der Waals surface area contributed by atoms with E-state index in [1.165, 1.54) is 12.1 Å². The highest BCUT2D eigenvalue weighted by Crippen LogP contribution is 2.06. The topological polar surface area (TPSA) is 21.3 Å². The molecular weight excluding hydrogens is 243 g/mol. The minimum absolute atomic E-state index is 0.141. The van der Waals surface area contributed by atoms with E-state index in [4.69, 9.17) is 4.74 Å². The van der Waals surface area contributed by atoms with Crippen LogP contribution in [0, 0.1) is 5.82 Å². The molecule has 102 valence electrons. The largest absolute Gasteiger partial charge is 0.374 e. The van der Waals surface area contributed by atoms with Gasteiger partial charge < -0.3 is 10.1 Å². The quantitative estimate of drug-likeness (QED) is 0.726. The number of nitrogens with one attached hydrogen (secondary N) is 1. The van der Waals surface area contributed by atoms with Crippen molar-refractivity contribution in [1.82, 2.24) is 5.32 Å². The van der Waals surface area contributed by atoms with Gasteiger partial charge in [0.15, 0.2) is 0 Å². The molecule has 0 heterocycles. The van der Waals surface area contributed by atoms with Gasteiger partial charge in [0, 0.05) is 12.6 Å². The molecule has 0 aliphatic heterocycles. The zero-order chi connectivity index (χ0) is 13.4. The van der Waals surface area contributed by atoms with Gasteiger partial charge in [-0.15, -0.1) is 0 Å². The average Bonchev–Trinajstić information content (AvgIpc) is 2.28. The third-order valence-electron chi connectivity index (χ3n) is 2.41. The van der Waals surface area contributed by atoms with Crippen LogP contribution in [0.25, 0.3) is 0 Å². The Morgan fingerprint density at radius 1 is 1.33 bits per heavy atom. The highest BCUT2D eigenvalue weighted by molar-refractivity contribution is 5.17. The summed E-state index contributed by atoms with van der Waals surface area (Å²) in [4.78, 5) is 0. The van der Waals surface area contributed by atoms with E-state index < -0.39 is 13.0 Å². The van der Waals surface area contributed by atoms with E-state index in [1.54, 1.807) is 6.07 Å². The number of ether oxygens (including phenoxy) is 1. The molecule has 1 aromatic carbocycles. The molecule has 1 rings (SSSR count). The molecule has 0 aliphatic carbocycles. The summed E-state index contributed by atoms with van der Waals surface area (Å²) < 4.78 is 41.2. The second kappa shape index (κ2) is 8.11. The third-order valence-corrected chi connectivity index (χ3v) is 2.41. The second-order valence-electron chi connectivity index (χ2n) is 4.16. The van der Waals surface area contributed by atoms with Crippen molar-refractivity contribution in [2.75, 3.05) is 19.8 Å². The molecule has 18 heavy (non-hydrogen) atoms. The van der Waals surface area contributed by atoms with Gasteiger partial charge in [0.05, 0.1) is 6.61 Å². The third kappa shape index (κ3) is 6.61. The minimum atomic E-state index is -2.42. The molecule has 5 heteroatoms. The van der Waals surface area contributed by atoms with Crippen LogP contribution < -0.4 is 5.32 Å². The van der Waals surface area contributed by atoms with Crippen LogP contribution in [0.4, 0.5) is 13.2 Å². The van der Waals surface area contributed by atoms with Crippen molar-refractivity contribution in [2.45, 2.75) is 25.8 Å². The van der Waals surface area contributed by atoms with Crippen molar-refractivity contribution >= 4 is 0 Å². The van der Waals surface area contributed by atoms with Crippen LogP contribution in [-0.2, 0) is 11.2 Å². The molecule has 0 amide bonds. The van der Waals surface area contributed by atoms with E-state index in [2.05, 4.69) is 5.32 Å². The van der Waals surface area contributed by atoms with Crippen molar-refractivity contribution in [3.63, 3.8) is 0 Å². The lowest BCUT2D eigenvalue weighted by Crippen LogP contribution is -2.31. The maximum atomic E-state index is 12.9. The van der Waals surface area contributed by atoms with Crippen LogP contribution in [0.1, 0.15) is 12.5 Å². The lowest BCUT2D eigenvalue weighted by atomic mass is 10.1. The van der Waals surface area contributed by atoms with Crippen molar-refractivity contribution in [1.29, 1.82) is 0 Å². The number of benzene rings is 1. The Kier molecular flexibility index (Phi) is 6.75. The normalized spacial score (nSPS) is 12.9. The first-order valence-electron chi connectivity index (χ1n) is 5.91. The fraction of sp³-hybridized carbons (Fsp3) is 0.538. The number of alkyl halides is 2. The summed E-state index contributed by atoms with van der Waals surface area (Å²) in [7, 11) is 0. The van der Waals surface area contributed by atoms with Gasteiger partial charge in [-0.05, 0) is 31.0 Å². The Labute approximate surface area is 105 Å². The van der Waals surface area contributed by atoms with Crippen molar-refractivity contribution < 1.29 is 17.9 Å². The summed E-state index contributed by atoms with van der Waals surface area (Å²) in [6.07, 6.45) is -1.73. The molecule has 1 atom stereocenters. The fourth-order valence-electron chi connectivity index (χ4n) is 1.64. The Morgan fingerprint density at radius 3 is 2.78 bits per heavy atom. The highest BCUT2D eigenvalue weighted by Gasteiger charge is 2.05. The summed E-state index contributed by atoms with van der Waals surface area (Å²) in [5.41, 5.74) is 0.906. The van der Waals surface area contributed by atoms with Gasteiger partial charge in [0.25, 0.3) is 6.43 Å². The summed E-state index contributed by atoms with van der Waals surface area (Å²) >= 11 is 0. The van der Waals surface area contributed by atoms with Crippen LogP contribution in [0.2, 0.25) is 0 Å². The van der Waals surface area contributed by atoms with Gasteiger partial charge in [-0.2, -0.15) is 0 Å². The van der Waals surface area contributed by atoms with Gasteiger partial charge in [-0.3, -0.25) is 0 Å². The van der Waals surface area contributed by atoms with E-state index in [1.807, 2.05) is 13.0 Å². The first-order valence-corrected chi connectivity index (χ1v) is 5.91. The van der Waals surface area contributed by atoms with Gasteiger partial charge >= 0.3 is 0 Å². The summed E-state index contributed by atoms with van der Waals surface area (Å²) in [6.45, 7) is 2.18. The summed E-state index contributed by atoms with van der Waals surface area (Å²) in [5, 5.41) is 3.13. The van der Waals surface area contributed by atoms with Gasteiger partial charge in [0.1, 0.15) is 12.4 Å². The van der Waals surface area contributed by atoms with E-state index in [9.17, 15) is 13.2 Å². The Morgan fingerprint density at radius 2 is 2.11 bits per heavy atom. The standard InChI is InChI=1S/C13H18F3NO/c1-10(17-5-6-18-9-13(15)16)7-11-3-2-4-12(14)8-11/h2-4,8,10,13,17H,5-7,9H2,1H3.